The second kappa shape index (κ2) is 7.19. The van der Waals surface area contributed by atoms with Gasteiger partial charge in [-0.15, -0.1) is 22.7 Å². The molecule has 3 heteroatoms. The molecule has 0 bridgehead atoms. The predicted octanol–water partition coefficient (Wildman–Crippen LogP) is 10.7. The fraction of sp³-hybridized carbons (Fsp3) is 0. The van der Waals surface area contributed by atoms with E-state index < -0.39 is 0 Å². The summed E-state index contributed by atoms with van der Waals surface area (Å²) >= 11 is 3.84. The zero-order chi connectivity index (χ0) is 24.1. The number of hydrogen-bond acceptors (Lipinski definition) is 2. The maximum atomic E-state index is 2.48. The normalized spacial score (nSPS) is 12.3. The molecular formula is C34H19NS2. The van der Waals surface area contributed by atoms with Crippen LogP contribution in [0, 0.1) is 0 Å². The SMILES string of the molecule is c1ccc(-n2c3ccccc3c3c4sc5ccccc5c4c4c(ccc5sc6ccccc6c54)c32)cc1. The van der Waals surface area contributed by atoms with Crippen LogP contribution in [0.2, 0.25) is 0 Å². The van der Waals surface area contributed by atoms with Crippen molar-refractivity contribution in [2.45, 2.75) is 0 Å². The molecule has 0 fully saturated rings. The van der Waals surface area contributed by atoms with Gasteiger partial charge in [0.2, 0.25) is 0 Å². The van der Waals surface area contributed by atoms with Crippen molar-refractivity contribution in [1.29, 1.82) is 0 Å². The van der Waals surface area contributed by atoms with Crippen molar-refractivity contribution in [1.82, 2.24) is 4.57 Å². The van der Waals surface area contributed by atoms with Gasteiger partial charge in [-0.1, -0.05) is 78.9 Å². The highest BCUT2D eigenvalue weighted by Crippen LogP contribution is 2.51. The lowest BCUT2D eigenvalue weighted by Crippen LogP contribution is -1.94. The average Bonchev–Trinajstić information content (AvgIpc) is 3.63. The fourth-order valence-corrected chi connectivity index (χ4v) is 8.70. The molecular weight excluding hydrogens is 487 g/mol. The molecule has 0 aliphatic heterocycles. The van der Waals surface area contributed by atoms with Crippen LogP contribution in [-0.2, 0) is 0 Å². The van der Waals surface area contributed by atoms with Crippen molar-refractivity contribution in [2.75, 3.05) is 0 Å². The van der Waals surface area contributed by atoms with Crippen LogP contribution in [0.25, 0.3) is 78.6 Å². The minimum Gasteiger partial charge on any atom is -0.309 e. The Morgan fingerprint density at radius 2 is 1.05 bits per heavy atom. The molecule has 3 aromatic heterocycles. The second-order valence-corrected chi connectivity index (χ2v) is 11.8. The van der Waals surface area contributed by atoms with Gasteiger partial charge < -0.3 is 4.57 Å². The molecule has 0 aliphatic rings. The number of rotatable bonds is 1. The Bertz CT molecular complexity index is 2350. The minimum absolute atomic E-state index is 1.20. The summed E-state index contributed by atoms with van der Waals surface area (Å²) in [5, 5.41) is 10.9. The van der Waals surface area contributed by atoms with E-state index >= 15 is 0 Å². The van der Waals surface area contributed by atoms with Crippen molar-refractivity contribution in [3.63, 3.8) is 0 Å². The Labute approximate surface area is 220 Å². The van der Waals surface area contributed by atoms with E-state index in [2.05, 4.69) is 120 Å². The number of hydrogen-bond donors (Lipinski definition) is 0. The van der Waals surface area contributed by atoms with Crippen LogP contribution < -0.4 is 0 Å². The molecule has 3 heterocycles. The van der Waals surface area contributed by atoms with Gasteiger partial charge in [-0.05, 0) is 36.4 Å². The first-order valence-corrected chi connectivity index (χ1v) is 14.2. The molecule has 0 aliphatic carbocycles. The topological polar surface area (TPSA) is 4.93 Å². The van der Waals surface area contributed by atoms with Crippen molar-refractivity contribution >= 4 is 95.6 Å². The smallest absolute Gasteiger partial charge is 0.0634 e. The van der Waals surface area contributed by atoms with E-state index in [-0.39, 0.29) is 0 Å². The quantitative estimate of drug-likeness (QED) is 0.209. The largest absolute Gasteiger partial charge is 0.309 e. The van der Waals surface area contributed by atoms with E-state index in [0.717, 1.165) is 0 Å². The summed E-state index contributed by atoms with van der Waals surface area (Å²) in [6.45, 7) is 0. The Hall–Kier alpha value is -4.18. The minimum atomic E-state index is 1.20. The molecule has 172 valence electrons. The fourth-order valence-electron chi connectivity index (χ4n) is 6.31. The lowest BCUT2D eigenvalue weighted by atomic mass is 9.96. The summed E-state index contributed by atoms with van der Waals surface area (Å²) < 4.78 is 7.92. The lowest BCUT2D eigenvalue weighted by molar-refractivity contribution is 1.19. The van der Waals surface area contributed by atoms with E-state index in [1.807, 2.05) is 22.7 Å². The molecule has 0 radical (unpaired) electrons. The summed E-state index contributed by atoms with van der Waals surface area (Å²) in [7, 11) is 0. The monoisotopic (exact) mass is 505 g/mol. The predicted molar refractivity (Wildman–Crippen MR) is 164 cm³/mol. The Balaban J connectivity index is 1.70. The standard InChI is InChI=1S/C34H19NS2/c1-2-10-20(11-3-1)35-25-15-7-4-12-21(25)32-33(35)24-18-19-28-29(22-13-5-8-16-26(22)36-28)30(24)31-23-14-6-9-17-27(23)37-34(31)32/h1-19H. The molecule has 0 saturated carbocycles. The molecule has 9 rings (SSSR count). The summed E-state index contributed by atoms with van der Waals surface area (Å²) in [6, 6.07) is 42.3. The first kappa shape index (κ1) is 19.9. The molecule has 37 heavy (non-hydrogen) atoms. The molecule has 0 N–H and O–H groups in total. The van der Waals surface area contributed by atoms with Crippen molar-refractivity contribution in [3.8, 4) is 5.69 Å². The van der Waals surface area contributed by atoms with Crippen LogP contribution in [-0.4, -0.2) is 4.57 Å². The van der Waals surface area contributed by atoms with Gasteiger partial charge in [0.1, 0.15) is 0 Å². The van der Waals surface area contributed by atoms with Crippen molar-refractivity contribution in [3.05, 3.63) is 115 Å². The van der Waals surface area contributed by atoms with Gasteiger partial charge in [0.25, 0.3) is 0 Å². The number of nitrogens with zero attached hydrogens (tertiary/aromatic N) is 1. The van der Waals surface area contributed by atoms with Crippen LogP contribution in [0.4, 0.5) is 0 Å². The van der Waals surface area contributed by atoms with E-state index in [9.17, 15) is 0 Å². The van der Waals surface area contributed by atoms with Crippen LogP contribution in [0.3, 0.4) is 0 Å². The van der Waals surface area contributed by atoms with E-state index in [4.69, 9.17) is 0 Å². The number of thiophene rings is 2. The molecule has 1 nitrogen and oxygen atoms in total. The Morgan fingerprint density at radius 1 is 0.405 bits per heavy atom. The third-order valence-electron chi connectivity index (χ3n) is 7.76. The van der Waals surface area contributed by atoms with Crippen LogP contribution in [0.15, 0.2) is 115 Å². The molecule has 0 atom stereocenters. The van der Waals surface area contributed by atoms with Gasteiger partial charge in [0.05, 0.1) is 11.0 Å². The number of fused-ring (bicyclic) bond motifs is 14. The zero-order valence-corrected chi connectivity index (χ0v) is 21.4. The van der Waals surface area contributed by atoms with E-state index in [0.29, 0.717) is 0 Å². The van der Waals surface area contributed by atoms with Gasteiger partial charge in [-0.3, -0.25) is 0 Å². The van der Waals surface area contributed by atoms with Crippen molar-refractivity contribution < 1.29 is 0 Å². The molecule has 0 spiro atoms. The lowest BCUT2D eigenvalue weighted by Gasteiger charge is -2.12. The third-order valence-corrected chi connectivity index (χ3v) is 10.1. The molecule has 0 amide bonds. The number of aromatic nitrogens is 1. The molecule has 0 saturated heterocycles. The van der Waals surface area contributed by atoms with Crippen LogP contribution in [0.5, 0.6) is 0 Å². The molecule has 0 unspecified atom stereocenters. The number of benzene rings is 6. The Kier molecular flexibility index (Phi) is 3.88. The van der Waals surface area contributed by atoms with Crippen LogP contribution in [0.1, 0.15) is 0 Å². The van der Waals surface area contributed by atoms with Gasteiger partial charge >= 0.3 is 0 Å². The first-order chi connectivity index (χ1) is 18.4. The van der Waals surface area contributed by atoms with Gasteiger partial charge in [0, 0.05) is 67.6 Å². The molecule has 6 aromatic carbocycles. The van der Waals surface area contributed by atoms with Crippen molar-refractivity contribution in [2.24, 2.45) is 0 Å². The zero-order valence-electron chi connectivity index (χ0n) is 19.7. The second-order valence-electron chi connectivity index (χ2n) is 9.67. The molecule has 9 aromatic rings. The average molecular weight is 506 g/mol. The highest BCUT2D eigenvalue weighted by molar-refractivity contribution is 7.27. The summed E-state index contributed by atoms with van der Waals surface area (Å²) in [4.78, 5) is 0. The van der Waals surface area contributed by atoms with Gasteiger partial charge in [-0.2, -0.15) is 0 Å². The van der Waals surface area contributed by atoms with Crippen LogP contribution >= 0.6 is 22.7 Å². The highest BCUT2D eigenvalue weighted by Gasteiger charge is 2.23. The van der Waals surface area contributed by atoms with E-state index in [1.165, 1.54) is 78.6 Å². The highest BCUT2D eigenvalue weighted by atomic mass is 32.1. The first-order valence-electron chi connectivity index (χ1n) is 12.5. The number of para-hydroxylation sites is 2. The van der Waals surface area contributed by atoms with Gasteiger partial charge in [0.15, 0.2) is 0 Å². The van der Waals surface area contributed by atoms with Gasteiger partial charge in [-0.25, -0.2) is 0 Å². The summed E-state index contributed by atoms with van der Waals surface area (Å²) in [5.41, 5.74) is 3.76. The Morgan fingerprint density at radius 3 is 1.86 bits per heavy atom. The summed E-state index contributed by atoms with van der Waals surface area (Å²) in [6.07, 6.45) is 0. The summed E-state index contributed by atoms with van der Waals surface area (Å²) in [5.74, 6) is 0. The third kappa shape index (κ3) is 2.53. The maximum Gasteiger partial charge on any atom is 0.0634 e. The van der Waals surface area contributed by atoms with E-state index in [1.54, 1.807) is 0 Å². The maximum absolute atomic E-state index is 2.48.